The van der Waals surface area contributed by atoms with Gasteiger partial charge < -0.3 is 10.6 Å². The second-order valence-corrected chi connectivity index (χ2v) is 6.18. The van der Waals surface area contributed by atoms with Gasteiger partial charge in [0.25, 0.3) is 0 Å². The largest absolute Gasteiger partial charge is 0.356 e. The normalized spacial score (nSPS) is 28.0. The summed E-state index contributed by atoms with van der Waals surface area (Å²) in [7, 11) is 0. The molecule has 3 atom stereocenters. The fourth-order valence-corrected chi connectivity index (χ4v) is 3.59. The number of carbonyl (C=O) groups is 1. The average Bonchev–Trinajstić information content (AvgIpc) is 3.10. The van der Waals surface area contributed by atoms with Crippen LogP contribution in [0.2, 0.25) is 0 Å². The van der Waals surface area contributed by atoms with E-state index in [1.54, 1.807) is 0 Å². The zero-order chi connectivity index (χ0) is 14.1. The number of aromatic nitrogens is 2. The van der Waals surface area contributed by atoms with Gasteiger partial charge in [-0.05, 0) is 45.6 Å². The van der Waals surface area contributed by atoms with Gasteiger partial charge in [-0.1, -0.05) is 0 Å². The van der Waals surface area contributed by atoms with Crippen molar-refractivity contribution in [2.45, 2.75) is 58.2 Å². The minimum atomic E-state index is 0.197. The lowest BCUT2D eigenvalue weighted by Gasteiger charge is -2.19. The summed E-state index contributed by atoms with van der Waals surface area (Å²) in [6.45, 7) is 5.69. The van der Waals surface area contributed by atoms with E-state index in [0.29, 0.717) is 12.1 Å². The van der Waals surface area contributed by atoms with Crippen molar-refractivity contribution in [3.05, 3.63) is 17.5 Å². The first-order valence-electron chi connectivity index (χ1n) is 7.68. The van der Waals surface area contributed by atoms with Gasteiger partial charge in [0.15, 0.2) is 0 Å². The number of aryl methyl sites for hydroxylation is 3. The van der Waals surface area contributed by atoms with Gasteiger partial charge in [-0.3, -0.25) is 9.48 Å². The van der Waals surface area contributed by atoms with Crippen LogP contribution < -0.4 is 10.6 Å². The number of hydrogen-bond acceptors (Lipinski definition) is 3. The van der Waals surface area contributed by atoms with Crippen molar-refractivity contribution >= 4 is 5.91 Å². The van der Waals surface area contributed by atoms with E-state index in [1.165, 1.54) is 12.1 Å². The number of carbonyl (C=O) groups excluding carboxylic acids is 1. The smallest absolute Gasteiger partial charge is 0.224 e. The number of rotatable bonds is 5. The monoisotopic (exact) mass is 276 g/mol. The lowest BCUT2D eigenvalue weighted by Crippen LogP contribution is -2.38. The highest BCUT2D eigenvalue weighted by molar-refractivity contribution is 5.80. The number of hydrogen-bond donors (Lipinski definition) is 2. The maximum Gasteiger partial charge on any atom is 0.224 e. The first-order valence-corrected chi connectivity index (χ1v) is 7.68. The Hall–Kier alpha value is -1.36. The number of nitrogens with one attached hydrogen (secondary N) is 2. The molecular formula is C15H24N4O. The molecule has 0 saturated carbocycles. The molecule has 0 aliphatic carbocycles. The summed E-state index contributed by atoms with van der Waals surface area (Å²) in [6.07, 6.45) is 4.36. The SMILES string of the molecule is Cc1cc(C)n(CCCNC(=O)C2CC3CCC2N3)n1. The van der Waals surface area contributed by atoms with Crippen molar-refractivity contribution in [2.75, 3.05) is 6.54 Å². The summed E-state index contributed by atoms with van der Waals surface area (Å²) in [5.41, 5.74) is 2.24. The van der Waals surface area contributed by atoms with Crippen molar-refractivity contribution in [3.63, 3.8) is 0 Å². The molecule has 1 amide bonds. The molecule has 5 nitrogen and oxygen atoms in total. The van der Waals surface area contributed by atoms with Gasteiger partial charge in [0.05, 0.1) is 11.6 Å². The Labute approximate surface area is 120 Å². The molecule has 0 aromatic carbocycles. The van der Waals surface area contributed by atoms with Crippen LogP contribution in [0.25, 0.3) is 0 Å². The van der Waals surface area contributed by atoms with E-state index in [2.05, 4.69) is 28.7 Å². The Kier molecular flexibility index (Phi) is 3.78. The van der Waals surface area contributed by atoms with E-state index in [-0.39, 0.29) is 11.8 Å². The van der Waals surface area contributed by atoms with E-state index >= 15 is 0 Å². The molecular weight excluding hydrogens is 252 g/mol. The van der Waals surface area contributed by atoms with Crippen LogP contribution in [0, 0.1) is 19.8 Å². The molecule has 5 heteroatoms. The third-order valence-electron chi connectivity index (χ3n) is 4.59. The summed E-state index contributed by atoms with van der Waals surface area (Å²) >= 11 is 0. The molecule has 2 aliphatic rings. The van der Waals surface area contributed by atoms with Gasteiger partial charge in [-0.2, -0.15) is 5.10 Å². The highest BCUT2D eigenvalue weighted by atomic mass is 16.1. The fourth-order valence-electron chi connectivity index (χ4n) is 3.59. The molecule has 20 heavy (non-hydrogen) atoms. The third-order valence-corrected chi connectivity index (χ3v) is 4.59. The minimum absolute atomic E-state index is 0.197. The van der Waals surface area contributed by atoms with Gasteiger partial charge in [0, 0.05) is 30.9 Å². The molecule has 3 heterocycles. The number of fused-ring (bicyclic) bond motifs is 2. The molecule has 2 bridgehead atoms. The molecule has 2 N–H and O–H groups in total. The highest BCUT2D eigenvalue weighted by Crippen LogP contribution is 2.33. The van der Waals surface area contributed by atoms with Gasteiger partial charge >= 0.3 is 0 Å². The topological polar surface area (TPSA) is 59.0 Å². The third kappa shape index (κ3) is 2.73. The zero-order valence-corrected chi connectivity index (χ0v) is 12.4. The Morgan fingerprint density at radius 3 is 2.95 bits per heavy atom. The fraction of sp³-hybridized carbons (Fsp3) is 0.733. The van der Waals surface area contributed by atoms with Crippen molar-refractivity contribution in [1.82, 2.24) is 20.4 Å². The van der Waals surface area contributed by atoms with Crippen molar-refractivity contribution in [3.8, 4) is 0 Å². The Morgan fingerprint density at radius 1 is 1.50 bits per heavy atom. The van der Waals surface area contributed by atoms with Gasteiger partial charge in [-0.15, -0.1) is 0 Å². The zero-order valence-electron chi connectivity index (χ0n) is 12.4. The van der Waals surface area contributed by atoms with Crippen LogP contribution in [0.3, 0.4) is 0 Å². The van der Waals surface area contributed by atoms with Gasteiger partial charge in [0.2, 0.25) is 5.91 Å². The molecule has 110 valence electrons. The van der Waals surface area contributed by atoms with Crippen molar-refractivity contribution in [1.29, 1.82) is 0 Å². The maximum atomic E-state index is 12.1. The molecule has 2 saturated heterocycles. The van der Waals surface area contributed by atoms with Crippen LogP contribution in [-0.2, 0) is 11.3 Å². The molecule has 2 aliphatic heterocycles. The molecule has 2 fully saturated rings. The van der Waals surface area contributed by atoms with Crippen molar-refractivity contribution < 1.29 is 4.79 Å². The second-order valence-electron chi connectivity index (χ2n) is 6.18. The van der Waals surface area contributed by atoms with Crippen LogP contribution in [0.1, 0.15) is 37.1 Å². The minimum Gasteiger partial charge on any atom is -0.356 e. The van der Waals surface area contributed by atoms with Crippen LogP contribution in [0.15, 0.2) is 6.07 Å². The quantitative estimate of drug-likeness (QED) is 0.793. The summed E-state index contributed by atoms with van der Waals surface area (Å²) in [4.78, 5) is 12.1. The highest BCUT2D eigenvalue weighted by Gasteiger charge is 2.42. The van der Waals surface area contributed by atoms with Crippen LogP contribution in [-0.4, -0.2) is 34.3 Å². The predicted octanol–water partition coefficient (Wildman–Crippen LogP) is 1.15. The van der Waals surface area contributed by atoms with E-state index in [9.17, 15) is 4.79 Å². The molecule has 3 rings (SSSR count). The predicted molar refractivity (Wildman–Crippen MR) is 77.4 cm³/mol. The lowest BCUT2D eigenvalue weighted by molar-refractivity contribution is -0.125. The van der Waals surface area contributed by atoms with Crippen LogP contribution in [0.5, 0.6) is 0 Å². The molecule has 1 aromatic heterocycles. The van der Waals surface area contributed by atoms with Crippen molar-refractivity contribution in [2.24, 2.45) is 5.92 Å². The number of nitrogens with zero attached hydrogens (tertiary/aromatic N) is 2. The molecule has 3 unspecified atom stereocenters. The Morgan fingerprint density at radius 2 is 2.35 bits per heavy atom. The average molecular weight is 276 g/mol. The Bertz CT molecular complexity index is 496. The van der Waals surface area contributed by atoms with E-state index in [0.717, 1.165) is 38.0 Å². The summed E-state index contributed by atoms with van der Waals surface area (Å²) in [5.74, 6) is 0.431. The first-order chi connectivity index (χ1) is 9.63. The first kappa shape index (κ1) is 13.6. The summed E-state index contributed by atoms with van der Waals surface area (Å²) in [6, 6.07) is 3.10. The summed E-state index contributed by atoms with van der Waals surface area (Å²) < 4.78 is 2.01. The Balaban J connectivity index is 1.40. The molecule has 0 radical (unpaired) electrons. The maximum absolute atomic E-state index is 12.1. The van der Waals surface area contributed by atoms with Crippen LogP contribution >= 0.6 is 0 Å². The van der Waals surface area contributed by atoms with E-state index in [4.69, 9.17) is 0 Å². The molecule has 1 aromatic rings. The number of amides is 1. The van der Waals surface area contributed by atoms with Gasteiger partial charge in [0.1, 0.15) is 0 Å². The van der Waals surface area contributed by atoms with E-state index < -0.39 is 0 Å². The van der Waals surface area contributed by atoms with E-state index in [1.807, 2.05) is 11.6 Å². The lowest BCUT2D eigenvalue weighted by atomic mass is 9.88. The second kappa shape index (κ2) is 5.56. The van der Waals surface area contributed by atoms with Gasteiger partial charge in [-0.25, -0.2) is 0 Å². The van der Waals surface area contributed by atoms with Crippen LogP contribution in [0.4, 0.5) is 0 Å². The molecule has 0 spiro atoms. The summed E-state index contributed by atoms with van der Waals surface area (Å²) in [5, 5.41) is 11.0. The standard InChI is InChI=1S/C15H24N4O/c1-10-8-11(2)19(18-10)7-3-6-16-15(20)13-9-12-4-5-14(13)17-12/h8,12-14,17H,3-7,9H2,1-2H3,(H,16,20).